The summed E-state index contributed by atoms with van der Waals surface area (Å²) in [5.74, 6) is 0. The standard InChI is InChI=1S/C7H5BrN2O/c8-7-3-6-5(4-9-7)1-2-10(6)11/h1-4,11H. The fourth-order valence-electron chi connectivity index (χ4n) is 0.989. The minimum absolute atomic E-state index is 0.721. The highest BCUT2D eigenvalue weighted by Crippen LogP contribution is 2.16. The molecule has 0 saturated carbocycles. The van der Waals surface area contributed by atoms with E-state index in [-0.39, 0.29) is 0 Å². The molecule has 56 valence electrons. The lowest BCUT2D eigenvalue weighted by Gasteiger charge is -1.93. The van der Waals surface area contributed by atoms with Crippen LogP contribution in [-0.2, 0) is 0 Å². The Bertz CT molecular complexity index is 396. The van der Waals surface area contributed by atoms with Crippen LogP contribution < -0.4 is 0 Å². The fourth-order valence-corrected chi connectivity index (χ4v) is 1.31. The largest absolute Gasteiger partial charge is 0.428 e. The van der Waals surface area contributed by atoms with Crippen LogP contribution in [0.5, 0.6) is 0 Å². The molecule has 0 radical (unpaired) electrons. The van der Waals surface area contributed by atoms with E-state index < -0.39 is 0 Å². The number of fused-ring (bicyclic) bond motifs is 1. The third-order valence-electron chi connectivity index (χ3n) is 1.52. The summed E-state index contributed by atoms with van der Waals surface area (Å²) in [7, 11) is 0. The van der Waals surface area contributed by atoms with Gasteiger partial charge in [-0.1, -0.05) is 0 Å². The van der Waals surface area contributed by atoms with Crippen LogP contribution in [0.15, 0.2) is 29.1 Å². The van der Waals surface area contributed by atoms with Gasteiger partial charge in [-0.2, -0.15) is 4.73 Å². The number of nitrogens with zero attached hydrogens (tertiary/aromatic N) is 2. The van der Waals surface area contributed by atoms with E-state index in [9.17, 15) is 5.21 Å². The molecule has 0 aliphatic heterocycles. The summed E-state index contributed by atoms with van der Waals surface area (Å²) in [6, 6.07) is 3.56. The Hall–Kier alpha value is -1.03. The Labute approximate surface area is 71.4 Å². The summed E-state index contributed by atoms with van der Waals surface area (Å²) in [6.45, 7) is 0. The highest BCUT2D eigenvalue weighted by molar-refractivity contribution is 9.10. The van der Waals surface area contributed by atoms with Gasteiger partial charge in [0.25, 0.3) is 0 Å². The van der Waals surface area contributed by atoms with Crippen molar-refractivity contribution in [2.24, 2.45) is 0 Å². The number of aromatic nitrogens is 2. The second-order valence-corrected chi connectivity index (χ2v) is 3.04. The zero-order valence-corrected chi connectivity index (χ0v) is 7.12. The van der Waals surface area contributed by atoms with E-state index in [0.29, 0.717) is 0 Å². The molecule has 0 bridgehead atoms. The monoisotopic (exact) mass is 212 g/mol. The smallest absolute Gasteiger partial charge is 0.108 e. The maximum absolute atomic E-state index is 9.20. The number of rotatable bonds is 0. The predicted octanol–water partition coefficient (Wildman–Crippen LogP) is 2.04. The molecule has 2 rings (SSSR count). The molecule has 11 heavy (non-hydrogen) atoms. The molecule has 3 nitrogen and oxygen atoms in total. The molecule has 0 spiro atoms. The molecule has 2 aromatic heterocycles. The molecule has 2 aromatic rings. The van der Waals surface area contributed by atoms with Crippen molar-refractivity contribution in [1.29, 1.82) is 0 Å². The van der Waals surface area contributed by atoms with Gasteiger partial charge in [-0.05, 0) is 28.1 Å². The van der Waals surface area contributed by atoms with Crippen LogP contribution in [0, 0.1) is 0 Å². The number of hydrogen-bond acceptors (Lipinski definition) is 2. The van der Waals surface area contributed by atoms with E-state index in [4.69, 9.17) is 0 Å². The van der Waals surface area contributed by atoms with Gasteiger partial charge in [0, 0.05) is 17.8 Å². The third kappa shape index (κ3) is 0.991. The second-order valence-electron chi connectivity index (χ2n) is 2.23. The molecular formula is C7H5BrN2O. The van der Waals surface area contributed by atoms with E-state index >= 15 is 0 Å². The molecule has 1 N–H and O–H groups in total. The first-order chi connectivity index (χ1) is 5.27. The summed E-state index contributed by atoms with van der Waals surface area (Å²) in [5, 5.41) is 10.1. The highest BCUT2D eigenvalue weighted by Gasteiger charge is 1.99. The average Bonchev–Trinajstić information content (AvgIpc) is 2.33. The van der Waals surface area contributed by atoms with Crippen LogP contribution in [0.1, 0.15) is 0 Å². The van der Waals surface area contributed by atoms with Crippen molar-refractivity contribution in [3.8, 4) is 0 Å². The lowest BCUT2D eigenvalue weighted by Crippen LogP contribution is -1.85. The van der Waals surface area contributed by atoms with Crippen molar-refractivity contribution in [2.45, 2.75) is 0 Å². The zero-order valence-electron chi connectivity index (χ0n) is 5.53. The number of halogens is 1. The SMILES string of the molecule is On1ccc2cnc(Br)cc21. The van der Waals surface area contributed by atoms with Crippen molar-refractivity contribution in [2.75, 3.05) is 0 Å². The van der Waals surface area contributed by atoms with Crippen LogP contribution in [0.2, 0.25) is 0 Å². The molecule has 0 unspecified atom stereocenters. The molecule has 0 aliphatic rings. The summed E-state index contributed by atoms with van der Waals surface area (Å²) >= 11 is 3.22. The molecule has 2 heterocycles. The summed E-state index contributed by atoms with van der Waals surface area (Å²) in [5.41, 5.74) is 0.756. The van der Waals surface area contributed by atoms with Gasteiger partial charge in [-0.3, -0.25) is 0 Å². The van der Waals surface area contributed by atoms with Crippen molar-refractivity contribution in [3.05, 3.63) is 29.1 Å². The molecule has 0 saturated heterocycles. The molecule has 0 amide bonds. The Kier molecular flexibility index (Phi) is 1.35. The van der Waals surface area contributed by atoms with Crippen molar-refractivity contribution < 1.29 is 5.21 Å². The maximum atomic E-state index is 9.20. The van der Waals surface area contributed by atoms with Crippen molar-refractivity contribution in [1.82, 2.24) is 9.71 Å². The first kappa shape index (κ1) is 6.67. The Balaban J connectivity index is 2.87. The van der Waals surface area contributed by atoms with Gasteiger partial charge < -0.3 is 5.21 Å². The predicted molar refractivity (Wildman–Crippen MR) is 44.6 cm³/mol. The molecule has 0 aliphatic carbocycles. The third-order valence-corrected chi connectivity index (χ3v) is 1.95. The van der Waals surface area contributed by atoms with Gasteiger partial charge in [0.1, 0.15) is 4.60 Å². The first-order valence-electron chi connectivity index (χ1n) is 3.09. The zero-order chi connectivity index (χ0) is 7.84. The van der Waals surface area contributed by atoms with E-state index in [1.54, 1.807) is 24.5 Å². The van der Waals surface area contributed by atoms with Gasteiger partial charge in [0.2, 0.25) is 0 Å². The number of hydrogen-bond donors (Lipinski definition) is 1. The van der Waals surface area contributed by atoms with E-state index in [1.165, 1.54) is 0 Å². The van der Waals surface area contributed by atoms with Crippen molar-refractivity contribution >= 4 is 26.8 Å². The van der Waals surface area contributed by atoms with Crippen molar-refractivity contribution in [3.63, 3.8) is 0 Å². The summed E-state index contributed by atoms with van der Waals surface area (Å²) in [6.07, 6.45) is 3.28. The number of pyridine rings is 1. The minimum Gasteiger partial charge on any atom is -0.428 e. The fraction of sp³-hybridized carbons (Fsp3) is 0. The summed E-state index contributed by atoms with van der Waals surface area (Å²) < 4.78 is 1.79. The minimum atomic E-state index is 0.721. The van der Waals surface area contributed by atoms with Gasteiger partial charge in [-0.15, -0.1) is 0 Å². The van der Waals surface area contributed by atoms with Crippen LogP contribution in [-0.4, -0.2) is 14.9 Å². The maximum Gasteiger partial charge on any atom is 0.108 e. The van der Waals surface area contributed by atoms with Gasteiger partial charge >= 0.3 is 0 Å². The molecule has 0 aromatic carbocycles. The van der Waals surface area contributed by atoms with E-state index in [1.807, 2.05) is 0 Å². The van der Waals surface area contributed by atoms with Crippen LogP contribution >= 0.6 is 15.9 Å². The first-order valence-corrected chi connectivity index (χ1v) is 3.88. The van der Waals surface area contributed by atoms with E-state index in [2.05, 4.69) is 20.9 Å². The lowest BCUT2D eigenvalue weighted by molar-refractivity contribution is 0.200. The van der Waals surface area contributed by atoms with Gasteiger partial charge in [-0.25, -0.2) is 4.98 Å². The topological polar surface area (TPSA) is 38.0 Å². The van der Waals surface area contributed by atoms with E-state index in [0.717, 1.165) is 20.2 Å². The Morgan fingerprint density at radius 2 is 2.36 bits per heavy atom. The second kappa shape index (κ2) is 2.23. The molecule has 0 atom stereocenters. The normalized spacial score (nSPS) is 10.6. The van der Waals surface area contributed by atoms with Crippen LogP contribution in [0.4, 0.5) is 0 Å². The highest BCUT2D eigenvalue weighted by atomic mass is 79.9. The molecular weight excluding hydrogens is 208 g/mol. The summed E-state index contributed by atoms with van der Waals surface area (Å²) in [4.78, 5) is 4.01. The lowest BCUT2D eigenvalue weighted by atomic mass is 10.3. The average molecular weight is 213 g/mol. The van der Waals surface area contributed by atoms with Crippen LogP contribution in [0.25, 0.3) is 10.9 Å². The quantitative estimate of drug-likeness (QED) is 0.537. The van der Waals surface area contributed by atoms with Gasteiger partial charge in [0.15, 0.2) is 0 Å². The molecule has 4 heteroatoms. The van der Waals surface area contributed by atoms with Crippen LogP contribution in [0.3, 0.4) is 0 Å². The van der Waals surface area contributed by atoms with Gasteiger partial charge in [0.05, 0.1) is 5.52 Å². The molecule has 0 fully saturated rings. The Morgan fingerprint density at radius 3 is 3.18 bits per heavy atom. The Morgan fingerprint density at radius 1 is 1.55 bits per heavy atom.